The number of nitrogens with one attached hydrogen (secondary N) is 1. The van der Waals surface area contributed by atoms with E-state index in [4.69, 9.17) is 9.47 Å². The molecule has 1 amide bonds. The van der Waals surface area contributed by atoms with E-state index in [-0.39, 0.29) is 42.9 Å². The van der Waals surface area contributed by atoms with Crippen molar-refractivity contribution in [1.29, 1.82) is 0 Å². The van der Waals surface area contributed by atoms with E-state index in [1.807, 2.05) is 30.3 Å². The van der Waals surface area contributed by atoms with E-state index in [0.29, 0.717) is 50.7 Å². The second-order valence-corrected chi connectivity index (χ2v) is 8.83. The summed E-state index contributed by atoms with van der Waals surface area (Å²) in [6, 6.07) is 9.39. The number of Topliss-reactive ketones (excluding diaryl/α,β-unsaturated/α-hetero) is 1. The second kappa shape index (κ2) is 11.5. The first kappa shape index (κ1) is 24.3. The Hall–Kier alpha value is -2.88. The lowest BCUT2D eigenvalue weighted by Crippen LogP contribution is -2.45. The van der Waals surface area contributed by atoms with Crippen LogP contribution in [0, 0.1) is 5.92 Å². The predicted octanol–water partition coefficient (Wildman–Crippen LogP) is 1.41. The van der Waals surface area contributed by atoms with Gasteiger partial charge >= 0.3 is 0 Å². The van der Waals surface area contributed by atoms with Crippen LogP contribution in [0.3, 0.4) is 0 Å². The number of H-pyrrole nitrogens is 1. The minimum absolute atomic E-state index is 0.00732. The molecule has 0 aliphatic carbocycles. The zero-order valence-electron chi connectivity index (χ0n) is 19.6. The molecule has 1 saturated heterocycles. The third-order valence-electron chi connectivity index (χ3n) is 6.51. The first-order valence-electron chi connectivity index (χ1n) is 11.8. The highest BCUT2D eigenvalue weighted by Crippen LogP contribution is 2.22. The number of carbonyl (C=O) groups is 2. The molecule has 1 N–H and O–H groups in total. The third-order valence-corrected chi connectivity index (χ3v) is 6.51. The molecular weight excluding hydrogens is 436 g/mol. The molecular formula is C25H32N4O5. The Labute approximate surface area is 199 Å². The average Bonchev–Trinajstić information content (AvgIpc) is 2.87. The number of aromatic amines is 1. The Balaban J connectivity index is 1.35. The number of fused-ring (bicyclic) bond motifs is 1. The molecule has 34 heavy (non-hydrogen) atoms. The van der Waals surface area contributed by atoms with E-state index in [9.17, 15) is 14.4 Å². The number of carbonyl (C=O) groups excluding carboxylic acids is 2. The van der Waals surface area contributed by atoms with Crippen LogP contribution < -0.4 is 5.56 Å². The number of hydrogen-bond donors (Lipinski definition) is 1. The molecule has 2 aromatic rings. The molecule has 2 aliphatic heterocycles. The van der Waals surface area contributed by atoms with Crippen molar-refractivity contribution in [3.05, 3.63) is 63.3 Å². The molecule has 0 radical (unpaired) electrons. The molecule has 182 valence electrons. The Morgan fingerprint density at radius 1 is 1.24 bits per heavy atom. The van der Waals surface area contributed by atoms with Crippen molar-refractivity contribution in [3.8, 4) is 0 Å². The topological polar surface area (TPSA) is 105 Å². The molecule has 9 nitrogen and oxygen atoms in total. The van der Waals surface area contributed by atoms with Crippen LogP contribution in [-0.2, 0) is 33.8 Å². The first-order chi connectivity index (χ1) is 16.5. The molecule has 1 fully saturated rings. The molecule has 0 spiro atoms. The van der Waals surface area contributed by atoms with Crippen LogP contribution in [0.2, 0.25) is 0 Å². The van der Waals surface area contributed by atoms with Crippen molar-refractivity contribution < 1.29 is 19.1 Å². The lowest BCUT2D eigenvalue weighted by atomic mass is 9.89. The van der Waals surface area contributed by atoms with Gasteiger partial charge in [-0.2, -0.15) is 0 Å². The first-order valence-corrected chi connectivity index (χ1v) is 11.8. The molecule has 0 unspecified atom stereocenters. The van der Waals surface area contributed by atoms with E-state index in [1.165, 1.54) is 0 Å². The zero-order chi connectivity index (χ0) is 23.9. The number of amides is 1. The lowest BCUT2D eigenvalue weighted by molar-refractivity contribution is -0.134. The summed E-state index contributed by atoms with van der Waals surface area (Å²) >= 11 is 0. The summed E-state index contributed by atoms with van der Waals surface area (Å²) in [7, 11) is 1.59. The van der Waals surface area contributed by atoms with E-state index in [1.54, 1.807) is 12.0 Å². The molecule has 4 rings (SSSR count). The van der Waals surface area contributed by atoms with Gasteiger partial charge in [0.05, 0.1) is 44.2 Å². The molecule has 1 aromatic heterocycles. The molecule has 0 saturated carbocycles. The van der Waals surface area contributed by atoms with Gasteiger partial charge in [-0.25, -0.2) is 4.98 Å². The largest absolute Gasteiger partial charge is 0.383 e. The second-order valence-electron chi connectivity index (χ2n) is 8.83. The van der Waals surface area contributed by atoms with E-state index < -0.39 is 0 Å². The fraction of sp³-hybridized carbons (Fsp3) is 0.520. The summed E-state index contributed by atoms with van der Waals surface area (Å²) in [5, 5.41) is 0. The SMILES string of the molecule is COCCN(Cc1nc2c(c(=O)[nH]1)COCC2)C(=O)CN1CCC(C(=O)c2ccccc2)CC1. The number of hydrogen-bond acceptors (Lipinski definition) is 7. The van der Waals surface area contributed by atoms with Crippen LogP contribution in [0.25, 0.3) is 0 Å². The molecule has 1 aromatic carbocycles. The Bertz CT molecular complexity index is 1050. The van der Waals surface area contributed by atoms with Crippen molar-refractivity contribution in [3.63, 3.8) is 0 Å². The highest BCUT2D eigenvalue weighted by Gasteiger charge is 2.28. The summed E-state index contributed by atoms with van der Waals surface area (Å²) in [5.74, 6) is 0.601. The van der Waals surface area contributed by atoms with Gasteiger partial charge in [0.25, 0.3) is 5.56 Å². The quantitative estimate of drug-likeness (QED) is 0.555. The average molecular weight is 469 g/mol. The molecule has 2 aliphatic rings. The summed E-state index contributed by atoms with van der Waals surface area (Å²) < 4.78 is 10.5. The molecule has 0 atom stereocenters. The number of likely N-dealkylation sites (tertiary alicyclic amines) is 1. The van der Waals surface area contributed by atoms with Gasteiger partial charge in [0.2, 0.25) is 5.91 Å². The van der Waals surface area contributed by atoms with Crippen LogP contribution in [0.1, 0.15) is 40.3 Å². The van der Waals surface area contributed by atoms with Crippen LogP contribution in [0.5, 0.6) is 0 Å². The standard InChI is InChI=1S/C25H32N4O5/c1-33-14-12-29(15-22-26-21-9-13-34-17-20(21)25(32)27-22)23(30)16-28-10-7-19(8-11-28)24(31)18-5-3-2-4-6-18/h2-6,19H,7-17H2,1H3,(H,26,27,32). The lowest BCUT2D eigenvalue weighted by Gasteiger charge is -2.32. The van der Waals surface area contributed by atoms with Crippen molar-refractivity contribution in [2.45, 2.75) is 32.4 Å². The number of piperidine rings is 1. The van der Waals surface area contributed by atoms with E-state index in [2.05, 4.69) is 14.9 Å². The predicted molar refractivity (Wildman–Crippen MR) is 125 cm³/mol. The van der Waals surface area contributed by atoms with Gasteiger partial charge in [0, 0.05) is 31.6 Å². The Morgan fingerprint density at radius 2 is 2.00 bits per heavy atom. The van der Waals surface area contributed by atoms with Gasteiger partial charge in [0.15, 0.2) is 5.78 Å². The van der Waals surface area contributed by atoms with Crippen LogP contribution in [-0.4, -0.2) is 78.0 Å². The number of benzene rings is 1. The van der Waals surface area contributed by atoms with Gasteiger partial charge in [0.1, 0.15) is 5.82 Å². The van der Waals surface area contributed by atoms with Gasteiger partial charge in [-0.1, -0.05) is 30.3 Å². The van der Waals surface area contributed by atoms with Crippen LogP contribution in [0.4, 0.5) is 0 Å². The highest BCUT2D eigenvalue weighted by atomic mass is 16.5. The minimum atomic E-state index is -0.205. The number of nitrogens with zero attached hydrogens (tertiary/aromatic N) is 3. The van der Waals surface area contributed by atoms with Crippen molar-refractivity contribution in [2.24, 2.45) is 5.92 Å². The number of aromatic nitrogens is 2. The van der Waals surface area contributed by atoms with Crippen molar-refractivity contribution in [2.75, 3.05) is 46.5 Å². The number of methoxy groups -OCH3 is 1. The maximum absolute atomic E-state index is 13.2. The van der Waals surface area contributed by atoms with Gasteiger partial charge < -0.3 is 19.4 Å². The fourth-order valence-corrected chi connectivity index (χ4v) is 4.53. The Morgan fingerprint density at radius 3 is 2.74 bits per heavy atom. The van der Waals surface area contributed by atoms with Gasteiger partial charge in [-0.05, 0) is 25.9 Å². The van der Waals surface area contributed by atoms with Gasteiger partial charge in [-0.15, -0.1) is 0 Å². The van der Waals surface area contributed by atoms with Crippen molar-refractivity contribution >= 4 is 11.7 Å². The monoisotopic (exact) mass is 468 g/mol. The third kappa shape index (κ3) is 5.97. The van der Waals surface area contributed by atoms with Crippen LogP contribution in [0.15, 0.2) is 35.1 Å². The summed E-state index contributed by atoms with van der Waals surface area (Å²) in [6.07, 6.45) is 2.07. The zero-order valence-corrected chi connectivity index (χ0v) is 19.6. The Kier molecular flexibility index (Phi) is 8.21. The maximum Gasteiger partial charge on any atom is 0.256 e. The highest BCUT2D eigenvalue weighted by molar-refractivity contribution is 5.97. The smallest absolute Gasteiger partial charge is 0.256 e. The summed E-state index contributed by atoms with van der Waals surface area (Å²) in [4.78, 5) is 49.5. The van der Waals surface area contributed by atoms with E-state index >= 15 is 0 Å². The molecule has 9 heteroatoms. The maximum atomic E-state index is 13.2. The summed E-state index contributed by atoms with van der Waals surface area (Å²) in [5.41, 5.74) is 1.86. The van der Waals surface area contributed by atoms with E-state index in [0.717, 1.165) is 24.1 Å². The summed E-state index contributed by atoms with van der Waals surface area (Å²) in [6.45, 7) is 3.48. The number of ketones is 1. The van der Waals surface area contributed by atoms with Gasteiger partial charge in [-0.3, -0.25) is 19.3 Å². The number of rotatable bonds is 9. The molecule has 3 heterocycles. The molecule has 0 bridgehead atoms. The normalized spacial score (nSPS) is 16.7. The fourth-order valence-electron chi connectivity index (χ4n) is 4.53. The van der Waals surface area contributed by atoms with Crippen molar-refractivity contribution in [1.82, 2.24) is 19.8 Å². The van der Waals surface area contributed by atoms with Crippen LogP contribution >= 0.6 is 0 Å². The number of ether oxygens (including phenoxy) is 2. The minimum Gasteiger partial charge on any atom is -0.383 e.